The number of nitrogens with one attached hydrogen (secondary N) is 1. The third-order valence-electron chi connectivity index (χ3n) is 4.83. The summed E-state index contributed by atoms with van der Waals surface area (Å²) in [6.07, 6.45) is 5.25. The van der Waals surface area contributed by atoms with Crippen LogP contribution in [0.2, 0.25) is 0 Å². The first-order valence-electron chi connectivity index (χ1n) is 7.85. The van der Waals surface area contributed by atoms with Gasteiger partial charge >= 0.3 is 0 Å². The van der Waals surface area contributed by atoms with Crippen molar-refractivity contribution in [3.05, 3.63) is 35.9 Å². The SMILES string of the molecule is CC(C)CC1CNCCC1(C)CCc1ccccc1. The van der Waals surface area contributed by atoms with Crippen LogP contribution in [-0.2, 0) is 6.42 Å². The van der Waals surface area contributed by atoms with Gasteiger partial charge in [0.1, 0.15) is 0 Å². The molecular weight excluding hydrogens is 230 g/mol. The first kappa shape index (κ1) is 14.6. The Balaban J connectivity index is 1.97. The van der Waals surface area contributed by atoms with Crippen molar-refractivity contribution in [2.75, 3.05) is 13.1 Å². The Kier molecular flexibility index (Phi) is 5.04. The van der Waals surface area contributed by atoms with E-state index in [1.807, 2.05) is 0 Å². The minimum absolute atomic E-state index is 0.519. The molecule has 19 heavy (non-hydrogen) atoms. The lowest BCUT2D eigenvalue weighted by atomic mass is 9.66. The normalized spacial score (nSPS) is 27.7. The number of rotatable bonds is 5. The van der Waals surface area contributed by atoms with E-state index in [9.17, 15) is 0 Å². The van der Waals surface area contributed by atoms with Crippen molar-refractivity contribution in [3.8, 4) is 0 Å². The van der Waals surface area contributed by atoms with Crippen LogP contribution in [0.3, 0.4) is 0 Å². The largest absolute Gasteiger partial charge is 0.316 e. The molecule has 2 rings (SSSR count). The highest BCUT2D eigenvalue weighted by molar-refractivity contribution is 5.15. The summed E-state index contributed by atoms with van der Waals surface area (Å²) < 4.78 is 0. The minimum Gasteiger partial charge on any atom is -0.316 e. The summed E-state index contributed by atoms with van der Waals surface area (Å²) in [5.41, 5.74) is 2.01. The molecule has 2 atom stereocenters. The fourth-order valence-electron chi connectivity index (χ4n) is 3.44. The quantitative estimate of drug-likeness (QED) is 0.832. The van der Waals surface area contributed by atoms with Crippen molar-refractivity contribution in [1.29, 1.82) is 0 Å². The van der Waals surface area contributed by atoms with Gasteiger partial charge in [-0.2, -0.15) is 0 Å². The molecule has 1 heterocycles. The number of aryl methyl sites for hydroxylation is 1. The fraction of sp³-hybridized carbons (Fsp3) is 0.667. The molecule has 0 spiro atoms. The molecule has 1 heteroatoms. The molecule has 106 valence electrons. The van der Waals surface area contributed by atoms with Gasteiger partial charge in [-0.15, -0.1) is 0 Å². The number of piperidine rings is 1. The average Bonchev–Trinajstić information content (AvgIpc) is 2.40. The molecule has 2 unspecified atom stereocenters. The summed E-state index contributed by atoms with van der Waals surface area (Å²) in [5, 5.41) is 3.59. The predicted molar refractivity (Wildman–Crippen MR) is 83.3 cm³/mol. The lowest BCUT2D eigenvalue weighted by molar-refractivity contribution is 0.0993. The van der Waals surface area contributed by atoms with Gasteiger partial charge < -0.3 is 5.32 Å². The maximum absolute atomic E-state index is 3.59. The number of hydrogen-bond acceptors (Lipinski definition) is 1. The van der Waals surface area contributed by atoms with E-state index in [1.54, 1.807) is 0 Å². The van der Waals surface area contributed by atoms with Crippen molar-refractivity contribution >= 4 is 0 Å². The third-order valence-corrected chi connectivity index (χ3v) is 4.83. The van der Waals surface area contributed by atoms with Crippen LogP contribution in [0.1, 0.15) is 45.6 Å². The summed E-state index contributed by atoms with van der Waals surface area (Å²) in [4.78, 5) is 0. The first-order valence-corrected chi connectivity index (χ1v) is 7.85. The van der Waals surface area contributed by atoms with Crippen LogP contribution in [0.25, 0.3) is 0 Å². The summed E-state index contributed by atoms with van der Waals surface area (Å²) in [6, 6.07) is 11.0. The zero-order valence-corrected chi connectivity index (χ0v) is 12.8. The van der Waals surface area contributed by atoms with E-state index in [-0.39, 0.29) is 0 Å². The first-order chi connectivity index (χ1) is 9.10. The van der Waals surface area contributed by atoms with Gasteiger partial charge in [-0.25, -0.2) is 0 Å². The average molecular weight is 259 g/mol. The summed E-state index contributed by atoms with van der Waals surface area (Å²) in [6.45, 7) is 9.63. The Morgan fingerprint density at radius 2 is 2.00 bits per heavy atom. The Hall–Kier alpha value is -0.820. The lowest BCUT2D eigenvalue weighted by Crippen LogP contribution is -2.44. The molecule has 0 aliphatic carbocycles. The highest BCUT2D eigenvalue weighted by Gasteiger charge is 2.36. The summed E-state index contributed by atoms with van der Waals surface area (Å²) >= 11 is 0. The van der Waals surface area contributed by atoms with Gasteiger partial charge in [0.25, 0.3) is 0 Å². The standard InChI is InChI=1S/C18H29N/c1-15(2)13-17-14-19-12-11-18(17,3)10-9-16-7-5-4-6-8-16/h4-8,15,17,19H,9-14H2,1-3H3. The highest BCUT2D eigenvalue weighted by Crippen LogP contribution is 2.41. The molecule has 1 saturated heterocycles. The van der Waals surface area contributed by atoms with Crippen LogP contribution in [-0.4, -0.2) is 13.1 Å². The van der Waals surface area contributed by atoms with Crippen molar-refractivity contribution < 1.29 is 0 Å². The maximum atomic E-state index is 3.59. The molecule has 1 fully saturated rings. The van der Waals surface area contributed by atoms with Crippen LogP contribution in [0, 0.1) is 17.3 Å². The molecule has 1 aliphatic heterocycles. The van der Waals surface area contributed by atoms with Crippen molar-refractivity contribution in [2.45, 2.75) is 46.5 Å². The van der Waals surface area contributed by atoms with Gasteiger partial charge in [-0.1, -0.05) is 51.1 Å². The van der Waals surface area contributed by atoms with E-state index in [4.69, 9.17) is 0 Å². The van der Waals surface area contributed by atoms with Gasteiger partial charge in [0.05, 0.1) is 0 Å². The molecule has 1 aliphatic rings. The van der Waals surface area contributed by atoms with E-state index in [0.29, 0.717) is 5.41 Å². The molecule has 1 aromatic rings. The fourth-order valence-corrected chi connectivity index (χ4v) is 3.44. The second kappa shape index (κ2) is 6.56. The number of benzene rings is 1. The molecule has 0 aromatic heterocycles. The maximum Gasteiger partial charge on any atom is -0.00152 e. The van der Waals surface area contributed by atoms with Gasteiger partial charge in [0, 0.05) is 0 Å². The Morgan fingerprint density at radius 1 is 1.26 bits per heavy atom. The van der Waals surface area contributed by atoms with Crippen LogP contribution >= 0.6 is 0 Å². The Labute approximate surface area is 118 Å². The van der Waals surface area contributed by atoms with Crippen molar-refractivity contribution in [3.63, 3.8) is 0 Å². The second-order valence-corrected chi connectivity index (χ2v) is 6.92. The van der Waals surface area contributed by atoms with E-state index in [2.05, 4.69) is 56.4 Å². The van der Waals surface area contributed by atoms with Crippen LogP contribution in [0.4, 0.5) is 0 Å². The van der Waals surface area contributed by atoms with Crippen molar-refractivity contribution in [1.82, 2.24) is 5.32 Å². The molecule has 0 bridgehead atoms. The summed E-state index contributed by atoms with van der Waals surface area (Å²) in [7, 11) is 0. The van der Waals surface area contributed by atoms with Gasteiger partial charge in [0.15, 0.2) is 0 Å². The van der Waals surface area contributed by atoms with E-state index in [0.717, 1.165) is 11.8 Å². The summed E-state index contributed by atoms with van der Waals surface area (Å²) in [5.74, 6) is 1.64. The Bertz CT molecular complexity index is 371. The van der Waals surface area contributed by atoms with Gasteiger partial charge in [-0.05, 0) is 61.6 Å². The smallest absolute Gasteiger partial charge is 0.00152 e. The monoisotopic (exact) mass is 259 g/mol. The van der Waals surface area contributed by atoms with E-state index < -0.39 is 0 Å². The molecule has 1 aromatic carbocycles. The van der Waals surface area contributed by atoms with E-state index >= 15 is 0 Å². The molecule has 0 amide bonds. The zero-order valence-electron chi connectivity index (χ0n) is 12.8. The van der Waals surface area contributed by atoms with Crippen LogP contribution in [0.5, 0.6) is 0 Å². The lowest BCUT2D eigenvalue weighted by Gasteiger charge is -2.43. The van der Waals surface area contributed by atoms with Crippen LogP contribution < -0.4 is 5.32 Å². The highest BCUT2D eigenvalue weighted by atomic mass is 14.9. The van der Waals surface area contributed by atoms with Crippen LogP contribution in [0.15, 0.2) is 30.3 Å². The molecule has 0 radical (unpaired) electrons. The molecule has 1 N–H and O–H groups in total. The molecule has 1 nitrogen and oxygen atoms in total. The molecular formula is C18H29N. The molecule has 0 saturated carbocycles. The van der Waals surface area contributed by atoms with Gasteiger partial charge in [-0.3, -0.25) is 0 Å². The predicted octanol–water partition coefficient (Wildman–Crippen LogP) is 4.28. The van der Waals surface area contributed by atoms with Crippen molar-refractivity contribution in [2.24, 2.45) is 17.3 Å². The zero-order chi connectivity index (χ0) is 13.7. The Morgan fingerprint density at radius 3 is 2.68 bits per heavy atom. The second-order valence-electron chi connectivity index (χ2n) is 6.92. The number of hydrogen-bond donors (Lipinski definition) is 1. The van der Waals surface area contributed by atoms with Gasteiger partial charge in [0.2, 0.25) is 0 Å². The topological polar surface area (TPSA) is 12.0 Å². The van der Waals surface area contributed by atoms with E-state index in [1.165, 1.54) is 44.3 Å². The third kappa shape index (κ3) is 4.07. The minimum atomic E-state index is 0.519.